The van der Waals surface area contributed by atoms with Gasteiger partial charge in [0.05, 0.1) is 6.26 Å². The Morgan fingerprint density at radius 3 is 2.00 bits per heavy atom. The van der Waals surface area contributed by atoms with Crippen molar-refractivity contribution in [2.75, 3.05) is 19.5 Å². The van der Waals surface area contributed by atoms with Gasteiger partial charge in [0.1, 0.15) is 0 Å². The molecule has 0 fully saturated rings. The first kappa shape index (κ1) is 8.13. The quantitative estimate of drug-likeness (QED) is 0.439. The Balaban J connectivity index is 4.04. The molecule has 0 spiro atoms. The highest BCUT2D eigenvalue weighted by molar-refractivity contribution is 7.88. The van der Waals surface area contributed by atoms with Gasteiger partial charge in [-0.25, -0.2) is 12.7 Å². The van der Waals surface area contributed by atoms with Gasteiger partial charge in [0.15, 0.2) is 0 Å². The molecule has 50 valence electrons. The van der Waals surface area contributed by atoms with Crippen LogP contribution in [-0.2, 0) is 10.0 Å². The van der Waals surface area contributed by atoms with Gasteiger partial charge >= 0.3 is 0 Å². The van der Waals surface area contributed by atoms with E-state index in [9.17, 15) is 8.42 Å². The molecule has 0 aromatic rings. The van der Waals surface area contributed by atoms with E-state index in [1.165, 1.54) is 10.6 Å². The molecule has 0 saturated heterocycles. The largest absolute Gasteiger partial charge is 0.213 e. The van der Waals surface area contributed by atoms with Gasteiger partial charge in [0, 0.05) is 17.3 Å². The maximum Gasteiger partial charge on any atom is 0.210 e. The smallest absolute Gasteiger partial charge is 0.210 e. The van der Waals surface area contributed by atoms with Crippen LogP contribution in [0.3, 0.4) is 0 Å². The summed E-state index contributed by atoms with van der Waals surface area (Å²) in [6.07, 6.45) is 1.89. The number of rotatable bonds is 2. The molecule has 8 heavy (non-hydrogen) atoms. The minimum absolute atomic E-state index is 0.679. The molecule has 0 aliphatic carbocycles. The van der Waals surface area contributed by atoms with Crippen LogP contribution in [0, 0.1) is 0 Å². The Bertz CT molecular complexity index is 153. The molecule has 0 atom stereocenters. The lowest BCUT2D eigenvalue weighted by molar-refractivity contribution is 0.517. The maximum atomic E-state index is 10.5. The molecule has 0 aliphatic rings. The normalized spacial score (nSPS) is 12.9. The third-order valence-corrected chi connectivity index (χ3v) is 3.81. The molecule has 0 amide bonds. The molecule has 0 unspecified atom stereocenters. The summed E-state index contributed by atoms with van der Waals surface area (Å²) < 4.78 is 22.4. The first-order valence-corrected chi connectivity index (χ1v) is 5.66. The van der Waals surface area contributed by atoms with Crippen molar-refractivity contribution in [2.24, 2.45) is 0 Å². The van der Waals surface area contributed by atoms with E-state index in [1.807, 2.05) is 0 Å². The summed E-state index contributed by atoms with van der Waals surface area (Å²) in [5, 5.41) is 0. The van der Waals surface area contributed by atoms with Gasteiger partial charge in [-0.3, -0.25) is 0 Å². The average molecular weight is 153 g/mol. The molecule has 0 rings (SSSR count). The summed E-state index contributed by atoms with van der Waals surface area (Å²) in [6.45, 7) is 0. The van der Waals surface area contributed by atoms with E-state index < -0.39 is 10.0 Å². The zero-order valence-electron chi connectivity index (χ0n) is 5.38. The van der Waals surface area contributed by atoms with Crippen LogP contribution in [0.1, 0.15) is 0 Å². The van der Waals surface area contributed by atoms with Gasteiger partial charge in [-0.15, -0.1) is 0 Å². The van der Waals surface area contributed by atoms with Gasteiger partial charge in [0.25, 0.3) is 0 Å². The third kappa shape index (κ3) is 2.44. The van der Waals surface area contributed by atoms with E-state index in [4.69, 9.17) is 0 Å². The van der Waals surface area contributed by atoms with Crippen molar-refractivity contribution in [3.63, 3.8) is 0 Å². The molecule has 0 radical (unpaired) electrons. The van der Waals surface area contributed by atoms with Gasteiger partial charge in [0.2, 0.25) is 10.0 Å². The van der Waals surface area contributed by atoms with E-state index in [1.54, 1.807) is 7.05 Å². The molecule has 5 heteroatoms. The predicted molar refractivity (Wildman–Crippen MR) is 37.4 cm³/mol. The van der Waals surface area contributed by atoms with Gasteiger partial charge in [-0.05, 0) is 6.17 Å². The zero-order chi connectivity index (χ0) is 6.78. The Morgan fingerprint density at radius 2 is 2.00 bits per heavy atom. The van der Waals surface area contributed by atoms with Crippen molar-refractivity contribution in [3.8, 4) is 0 Å². The van der Waals surface area contributed by atoms with Gasteiger partial charge in [-0.2, -0.15) is 0 Å². The van der Waals surface area contributed by atoms with Crippen molar-refractivity contribution >= 4 is 20.3 Å². The molecule has 0 N–H and O–H groups in total. The van der Waals surface area contributed by atoms with E-state index in [0.717, 1.165) is 10.2 Å². The number of nitrogens with zero attached hydrogens (tertiary/aromatic N) is 1. The first-order chi connectivity index (χ1) is 3.48. The maximum absolute atomic E-state index is 10.5. The zero-order valence-corrected chi connectivity index (χ0v) is 8.20. The standard InChI is InChI=1S/C3H11NO2SSi/c1-4(3-8)7(2,5)6/h3H2,1-2,8H3. The minimum atomic E-state index is -2.88. The van der Waals surface area contributed by atoms with E-state index >= 15 is 0 Å². The fourth-order valence-electron chi connectivity index (χ4n) is 0.235. The first-order valence-electron chi connectivity index (χ1n) is 2.39. The second-order valence-electron chi connectivity index (χ2n) is 1.68. The van der Waals surface area contributed by atoms with Crippen LogP contribution in [0.25, 0.3) is 0 Å². The van der Waals surface area contributed by atoms with E-state index in [-0.39, 0.29) is 0 Å². The summed E-state index contributed by atoms with van der Waals surface area (Å²) in [4.78, 5) is 0. The van der Waals surface area contributed by atoms with Gasteiger partial charge < -0.3 is 0 Å². The SMILES string of the molecule is CN(C[SiH3])S(C)(=O)=O. The third-order valence-electron chi connectivity index (χ3n) is 1.01. The predicted octanol–water partition coefficient (Wildman–Crippen LogP) is -1.80. The monoisotopic (exact) mass is 153 g/mol. The number of hydrogen-bond donors (Lipinski definition) is 0. The van der Waals surface area contributed by atoms with Crippen molar-refractivity contribution in [1.82, 2.24) is 4.31 Å². The molecular weight excluding hydrogens is 142 g/mol. The Labute approximate surface area is 53.2 Å². The van der Waals surface area contributed by atoms with E-state index in [0.29, 0.717) is 6.17 Å². The molecule has 0 aliphatic heterocycles. The van der Waals surface area contributed by atoms with Gasteiger partial charge in [-0.1, -0.05) is 0 Å². The highest BCUT2D eigenvalue weighted by Crippen LogP contribution is 1.87. The van der Waals surface area contributed by atoms with Crippen molar-refractivity contribution < 1.29 is 8.42 Å². The molecule has 0 saturated carbocycles. The fraction of sp³-hybridized carbons (Fsp3) is 1.00. The lowest BCUT2D eigenvalue weighted by Gasteiger charge is -2.08. The van der Waals surface area contributed by atoms with Crippen molar-refractivity contribution in [3.05, 3.63) is 0 Å². The molecular formula is C3H11NO2SSi. The highest BCUT2D eigenvalue weighted by atomic mass is 32.2. The Morgan fingerprint density at radius 1 is 1.62 bits per heavy atom. The number of hydrogen-bond acceptors (Lipinski definition) is 2. The minimum Gasteiger partial charge on any atom is -0.213 e. The van der Waals surface area contributed by atoms with Crippen LogP contribution in [-0.4, -0.2) is 42.4 Å². The Kier molecular flexibility index (Phi) is 2.65. The molecule has 0 aromatic carbocycles. The molecule has 0 heterocycles. The summed E-state index contributed by atoms with van der Waals surface area (Å²) in [5.74, 6) is 0. The lowest BCUT2D eigenvalue weighted by Crippen LogP contribution is -2.26. The van der Waals surface area contributed by atoms with Crippen LogP contribution in [0.2, 0.25) is 0 Å². The number of sulfonamides is 1. The van der Waals surface area contributed by atoms with E-state index in [2.05, 4.69) is 0 Å². The summed E-state index contributed by atoms with van der Waals surface area (Å²) in [7, 11) is -0.399. The van der Waals surface area contributed by atoms with Crippen molar-refractivity contribution in [2.45, 2.75) is 0 Å². The molecule has 0 aromatic heterocycles. The second kappa shape index (κ2) is 2.61. The summed E-state index contributed by atoms with van der Waals surface area (Å²) in [6, 6.07) is 0. The van der Waals surface area contributed by atoms with Crippen LogP contribution in [0.15, 0.2) is 0 Å². The Hall–Kier alpha value is 0.127. The summed E-state index contributed by atoms with van der Waals surface area (Å²) >= 11 is 0. The van der Waals surface area contributed by atoms with Crippen molar-refractivity contribution in [1.29, 1.82) is 0 Å². The summed E-state index contributed by atoms with van der Waals surface area (Å²) in [5.41, 5.74) is 0. The fourth-order valence-corrected chi connectivity index (χ4v) is 2.11. The molecule has 0 bridgehead atoms. The lowest BCUT2D eigenvalue weighted by atomic mass is 11.2. The van der Waals surface area contributed by atoms with Crippen LogP contribution in [0.4, 0.5) is 0 Å². The van der Waals surface area contributed by atoms with Crippen LogP contribution in [0.5, 0.6) is 0 Å². The second-order valence-corrected chi connectivity index (χ2v) is 4.40. The van der Waals surface area contributed by atoms with Crippen LogP contribution < -0.4 is 0 Å². The molecule has 3 nitrogen and oxygen atoms in total. The van der Waals surface area contributed by atoms with Crippen LogP contribution >= 0.6 is 0 Å². The highest BCUT2D eigenvalue weighted by Gasteiger charge is 2.05. The topological polar surface area (TPSA) is 37.4 Å². The average Bonchev–Trinajstić information content (AvgIpc) is 1.62.